The molecule has 0 saturated heterocycles. The Morgan fingerprint density at radius 1 is 1.33 bits per heavy atom. The lowest BCUT2D eigenvalue weighted by Gasteiger charge is -2.15. The molecule has 1 aromatic rings. The Morgan fingerprint density at radius 3 is 2.57 bits per heavy atom. The number of carbonyl (C=O) groups is 1. The molecule has 0 aromatic heterocycles. The smallest absolute Gasteiger partial charge is 0.251 e. The standard InChI is InChI=1S/C17H20N2O2/c18-11-17(8-9-17)14-6-4-12(5-7-14)16(21)19-10-13-2-1-3-15(13)20/h4-7,13,15,20H,1-3,8-10H2,(H,19,21). The molecule has 0 bridgehead atoms. The maximum Gasteiger partial charge on any atom is 0.251 e. The third-order valence-corrected chi connectivity index (χ3v) is 4.81. The zero-order valence-electron chi connectivity index (χ0n) is 12.0. The molecule has 3 rings (SSSR count). The van der Waals surface area contributed by atoms with Crippen LogP contribution in [0.25, 0.3) is 0 Å². The summed E-state index contributed by atoms with van der Waals surface area (Å²) in [5, 5.41) is 21.8. The lowest BCUT2D eigenvalue weighted by atomic mass is 9.96. The molecule has 4 nitrogen and oxygen atoms in total. The van der Waals surface area contributed by atoms with Crippen LogP contribution in [0.2, 0.25) is 0 Å². The van der Waals surface area contributed by atoms with Crippen LogP contribution in [0, 0.1) is 17.2 Å². The van der Waals surface area contributed by atoms with Crippen LogP contribution < -0.4 is 5.32 Å². The fraction of sp³-hybridized carbons (Fsp3) is 0.529. The van der Waals surface area contributed by atoms with E-state index >= 15 is 0 Å². The van der Waals surface area contributed by atoms with Gasteiger partial charge in [0.25, 0.3) is 5.91 Å². The molecular weight excluding hydrogens is 264 g/mol. The Kier molecular flexibility index (Phi) is 3.69. The molecule has 110 valence electrons. The van der Waals surface area contributed by atoms with E-state index in [-0.39, 0.29) is 23.3 Å². The minimum atomic E-state index is -0.303. The summed E-state index contributed by atoms with van der Waals surface area (Å²) in [5.41, 5.74) is 1.32. The number of aliphatic hydroxyl groups is 1. The topological polar surface area (TPSA) is 73.1 Å². The van der Waals surface area contributed by atoms with Crippen LogP contribution in [0.4, 0.5) is 0 Å². The van der Waals surface area contributed by atoms with E-state index in [1.807, 2.05) is 12.1 Å². The van der Waals surface area contributed by atoms with Crippen molar-refractivity contribution in [1.29, 1.82) is 5.26 Å². The first-order valence-electron chi connectivity index (χ1n) is 7.63. The molecule has 2 aliphatic rings. The summed E-state index contributed by atoms with van der Waals surface area (Å²) >= 11 is 0. The van der Waals surface area contributed by atoms with Gasteiger partial charge in [-0.25, -0.2) is 0 Å². The van der Waals surface area contributed by atoms with Crippen LogP contribution in [0.1, 0.15) is 48.0 Å². The number of rotatable bonds is 4. The minimum Gasteiger partial charge on any atom is -0.393 e. The number of nitriles is 1. The second-order valence-electron chi connectivity index (χ2n) is 6.24. The normalized spacial score (nSPS) is 26.1. The van der Waals surface area contributed by atoms with E-state index in [4.69, 9.17) is 5.26 Å². The maximum atomic E-state index is 12.1. The van der Waals surface area contributed by atoms with Crippen molar-refractivity contribution in [3.63, 3.8) is 0 Å². The van der Waals surface area contributed by atoms with Crippen LogP contribution in [0.5, 0.6) is 0 Å². The van der Waals surface area contributed by atoms with Gasteiger partial charge in [0.1, 0.15) is 0 Å². The summed E-state index contributed by atoms with van der Waals surface area (Å²) in [7, 11) is 0. The van der Waals surface area contributed by atoms with Gasteiger partial charge in [-0.1, -0.05) is 18.6 Å². The van der Waals surface area contributed by atoms with Gasteiger partial charge in [0.15, 0.2) is 0 Å². The number of amides is 1. The predicted octanol–water partition coefficient (Wildman–Crippen LogP) is 2.13. The number of nitrogens with zero attached hydrogens (tertiary/aromatic N) is 1. The summed E-state index contributed by atoms with van der Waals surface area (Å²) in [4.78, 5) is 12.1. The van der Waals surface area contributed by atoms with E-state index < -0.39 is 0 Å². The molecule has 0 spiro atoms. The lowest BCUT2D eigenvalue weighted by Crippen LogP contribution is -2.32. The highest BCUT2D eigenvalue weighted by molar-refractivity contribution is 5.94. The highest BCUT2D eigenvalue weighted by atomic mass is 16.3. The van der Waals surface area contributed by atoms with Crippen molar-refractivity contribution < 1.29 is 9.90 Å². The number of hydrogen-bond acceptors (Lipinski definition) is 3. The predicted molar refractivity (Wildman–Crippen MR) is 78.6 cm³/mol. The van der Waals surface area contributed by atoms with Crippen molar-refractivity contribution in [1.82, 2.24) is 5.32 Å². The molecular formula is C17H20N2O2. The summed E-state index contributed by atoms with van der Waals surface area (Å²) in [6.45, 7) is 0.532. The first-order chi connectivity index (χ1) is 10.1. The van der Waals surface area contributed by atoms with E-state index in [1.54, 1.807) is 12.1 Å². The molecule has 1 aromatic carbocycles. The number of carbonyl (C=O) groups excluding carboxylic acids is 1. The molecule has 2 saturated carbocycles. The van der Waals surface area contributed by atoms with Crippen molar-refractivity contribution in [2.75, 3.05) is 6.54 Å². The number of aliphatic hydroxyl groups excluding tert-OH is 1. The van der Waals surface area contributed by atoms with E-state index in [0.717, 1.165) is 37.7 Å². The summed E-state index contributed by atoms with van der Waals surface area (Å²) in [6, 6.07) is 9.69. The van der Waals surface area contributed by atoms with Crippen molar-refractivity contribution in [3.8, 4) is 6.07 Å². The van der Waals surface area contributed by atoms with E-state index in [2.05, 4.69) is 11.4 Å². The van der Waals surface area contributed by atoms with Gasteiger partial charge in [-0.15, -0.1) is 0 Å². The third-order valence-electron chi connectivity index (χ3n) is 4.81. The highest BCUT2D eigenvalue weighted by Gasteiger charge is 2.44. The fourth-order valence-electron chi connectivity index (χ4n) is 3.11. The van der Waals surface area contributed by atoms with Crippen LogP contribution in [-0.4, -0.2) is 23.7 Å². The molecule has 0 heterocycles. The van der Waals surface area contributed by atoms with Crippen molar-refractivity contribution in [2.24, 2.45) is 5.92 Å². The minimum absolute atomic E-state index is 0.109. The summed E-state index contributed by atoms with van der Waals surface area (Å²) < 4.78 is 0. The van der Waals surface area contributed by atoms with E-state index in [1.165, 1.54) is 0 Å². The molecule has 4 heteroatoms. The Hall–Kier alpha value is -1.86. The number of benzene rings is 1. The fourth-order valence-corrected chi connectivity index (χ4v) is 3.11. The van der Waals surface area contributed by atoms with Gasteiger partial charge in [-0.05, 0) is 43.4 Å². The Bertz CT molecular complexity index is 569. The molecule has 1 amide bonds. The second-order valence-corrected chi connectivity index (χ2v) is 6.24. The molecule has 0 radical (unpaired) electrons. The van der Waals surface area contributed by atoms with Crippen LogP contribution in [0.3, 0.4) is 0 Å². The maximum absolute atomic E-state index is 12.1. The second kappa shape index (κ2) is 5.50. The van der Waals surface area contributed by atoms with Crippen LogP contribution in [-0.2, 0) is 5.41 Å². The Labute approximate surface area is 124 Å². The van der Waals surface area contributed by atoms with Crippen LogP contribution >= 0.6 is 0 Å². The molecule has 0 aliphatic heterocycles. The van der Waals surface area contributed by atoms with E-state index in [0.29, 0.717) is 12.1 Å². The first kappa shape index (κ1) is 14.1. The van der Waals surface area contributed by atoms with Crippen LogP contribution in [0.15, 0.2) is 24.3 Å². The first-order valence-corrected chi connectivity index (χ1v) is 7.63. The molecule has 2 N–H and O–H groups in total. The Morgan fingerprint density at radius 2 is 2.05 bits per heavy atom. The van der Waals surface area contributed by atoms with Crippen molar-refractivity contribution in [2.45, 2.75) is 43.6 Å². The van der Waals surface area contributed by atoms with Gasteiger partial charge >= 0.3 is 0 Å². The molecule has 2 aliphatic carbocycles. The van der Waals surface area contributed by atoms with Crippen molar-refractivity contribution >= 4 is 5.91 Å². The zero-order valence-corrected chi connectivity index (χ0v) is 12.0. The zero-order chi connectivity index (χ0) is 14.9. The average molecular weight is 284 g/mol. The van der Waals surface area contributed by atoms with Gasteiger partial charge < -0.3 is 10.4 Å². The van der Waals surface area contributed by atoms with E-state index in [9.17, 15) is 9.90 Å². The third kappa shape index (κ3) is 2.79. The highest BCUT2D eigenvalue weighted by Crippen LogP contribution is 2.47. The van der Waals surface area contributed by atoms with Gasteiger partial charge in [0, 0.05) is 18.0 Å². The summed E-state index contributed by atoms with van der Waals surface area (Å²) in [6.07, 6.45) is 4.39. The number of hydrogen-bond donors (Lipinski definition) is 2. The Balaban J connectivity index is 1.59. The quantitative estimate of drug-likeness (QED) is 0.889. The van der Waals surface area contributed by atoms with Gasteiger partial charge in [0.05, 0.1) is 17.6 Å². The lowest BCUT2D eigenvalue weighted by molar-refractivity contribution is 0.0917. The van der Waals surface area contributed by atoms with Gasteiger partial charge in [-0.3, -0.25) is 4.79 Å². The van der Waals surface area contributed by atoms with Gasteiger partial charge in [-0.2, -0.15) is 5.26 Å². The molecule has 21 heavy (non-hydrogen) atoms. The summed E-state index contributed by atoms with van der Waals surface area (Å²) in [5.74, 6) is 0.0731. The SMILES string of the molecule is N#CC1(c2ccc(C(=O)NCC3CCCC3O)cc2)CC1. The van der Waals surface area contributed by atoms with Crippen molar-refractivity contribution in [3.05, 3.63) is 35.4 Å². The molecule has 2 unspecified atom stereocenters. The molecule has 2 atom stereocenters. The number of nitrogens with one attached hydrogen (secondary N) is 1. The average Bonchev–Trinajstić information content (AvgIpc) is 3.22. The van der Waals surface area contributed by atoms with Gasteiger partial charge in [0.2, 0.25) is 0 Å². The largest absolute Gasteiger partial charge is 0.393 e. The monoisotopic (exact) mass is 284 g/mol. The molecule has 2 fully saturated rings.